The fourth-order valence-corrected chi connectivity index (χ4v) is 4.01. The summed E-state index contributed by atoms with van der Waals surface area (Å²) < 4.78 is 34.3. The van der Waals surface area contributed by atoms with Crippen molar-refractivity contribution >= 4 is 5.57 Å². The molecule has 5 nitrogen and oxygen atoms in total. The molecule has 4 rings (SSSR count). The Morgan fingerprint density at radius 2 is 1.96 bits per heavy atom. The number of rotatable bonds is 4. The summed E-state index contributed by atoms with van der Waals surface area (Å²) in [5, 5.41) is 4.52. The molecule has 2 aliphatic rings. The van der Waals surface area contributed by atoms with Crippen molar-refractivity contribution in [2.45, 2.75) is 58.3 Å². The van der Waals surface area contributed by atoms with E-state index in [1.807, 2.05) is 26.0 Å². The molecule has 0 atom stereocenters. The lowest BCUT2D eigenvalue weighted by Gasteiger charge is -2.28. The van der Waals surface area contributed by atoms with Crippen LogP contribution in [-0.2, 0) is 11.2 Å². The van der Waals surface area contributed by atoms with Gasteiger partial charge < -0.3 is 4.74 Å². The third kappa shape index (κ3) is 4.29. The number of alkyl halides is 2. The Hall–Kier alpha value is -2.15. The Bertz CT molecular complexity index is 881. The molecule has 1 aliphatic carbocycles. The molecule has 3 heterocycles. The largest absolute Gasteiger partial charge is 0.376 e. The lowest BCUT2D eigenvalue weighted by atomic mass is 9.84. The first-order valence-corrected chi connectivity index (χ1v) is 9.96. The van der Waals surface area contributed by atoms with E-state index in [1.165, 1.54) is 0 Å². The van der Waals surface area contributed by atoms with Crippen molar-refractivity contribution in [3.63, 3.8) is 0 Å². The van der Waals surface area contributed by atoms with E-state index >= 15 is 0 Å². The van der Waals surface area contributed by atoms with Crippen LogP contribution in [0.3, 0.4) is 0 Å². The van der Waals surface area contributed by atoms with Crippen molar-refractivity contribution in [1.29, 1.82) is 0 Å². The average molecular weight is 388 g/mol. The predicted molar refractivity (Wildman–Crippen MR) is 103 cm³/mol. The first-order chi connectivity index (χ1) is 13.4. The van der Waals surface area contributed by atoms with Gasteiger partial charge in [0.15, 0.2) is 0 Å². The number of hydrogen-bond acceptors (Lipinski definition) is 4. The predicted octanol–water partition coefficient (Wildman–Crippen LogP) is 4.45. The van der Waals surface area contributed by atoms with Crippen molar-refractivity contribution in [1.82, 2.24) is 19.7 Å². The fraction of sp³-hybridized carbons (Fsp3) is 0.571. The van der Waals surface area contributed by atoms with Crippen molar-refractivity contribution in [3.05, 3.63) is 41.0 Å². The van der Waals surface area contributed by atoms with E-state index in [9.17, 15) is 8.78 Å². The van der Waals surface area contributed by atoms with Gasteiger partial charge in [-0.3, -0.25) is 0 Å². The molecule has 0 spiro atoms. The molecular formula is C21H26F2N4O. The summed E-state index contributed by atoms with van der Waals surface area (Å²) >= 11 is 0. The van der Waals surface area contributed by atoms with E-state index in [4.69, 9.17) is 14.7 Å². The maximum Gasteiger partial charge on any atom is 0.251 e. The van der Waals surface area contributed by atoms with Crippen molar-refractivity contribution in [3.8, 4) is 5.95 Å². The maximum atomic E-state index is 13.5. The highest BCUT2D eigenvalue weighted by Crippen LogP contribution is 2.37. The third-order valence-corrected chi connectivity index (χ3v) is 5.54. The number of aryl methyl sites for hydroxylation is 2. The van der Waals surface area contributed by atoms with Crippen LogP contribution in [-0.4, -0.2) is 38.9 Å². The van der Waals surface area contributed by atoms with Gasteiger partial charge in [0.25, 0.3) is 5.95 Å². The highest BCUT2D eigenvalue weighted by molar-refractivity contribution is 5.64. The van der Waals surface area contributed by atoms with Crippen LogP contribution < -0.4 is 0 Å². The minimum Gasteiger partial charge on any atom is -0.376 e. The van der Waals surface area contributed by atoms with Gasteiger partial charge in [-0.15, -0.1) is 0 Å². The quantitative estimate of drug-likeness (QED) is 0.776. The molecule has 0 radical (unpaired) electrons. The van der Waals surface area contributed by atoms with Crippen LogP contribution in [0.2, 0.25) is 0 Å². The van der Waals surface area contributed by atoms with Gasteiger partial charge in [0, 0.05) is 24.2 Å². The zero-order chi connectivity index (χ0) is 19.7. The van der Waals surface area contributed by atoms with Crippen LogP contribution >= 0.6 is 0 Å². The Labute approximate surface area is 163 Å². The number of ether oxygens (including phenoxy) is 1. The number of hydrogen-bond donors (Lipinski definition) is 0. The van der Waals surface area contributed by atoms with Crippen LogP contribution in [0, 0.1) is 19.8 Å². The molecule has 0 saturated heterocycles. The van der Waals surface area contributed by atoms with Crippen molar-refractivity contribution in [2.24, 2.45) is 5.92 Å². The van der Waals surface area contributed by atoms with E-state index in [2.05, 4.69) is 11.2 Å². The zero-order valence-corrected chi connectivity index (χ0v) is 16.4. The summed E-state index contributed by atoms with van der Waals surface area (Å²) in [5.74, 6) is -1.75. The van der Waals surface area contributed by atoms with Gasteiger partial charge in [-0.25, -0.2) is 23.4 Å². The van der Waals surface area contributed by atoms with Gasteiger partial charge in [-0.2, -0.15) is 5.10 Å². The topological polar surface area (TPSA) is 52.8 Å². The number of aromatic nitrogens is 4. The summed E-state index contributed by atoms with van der Waals surface area (Å²) in [6.07, 6.45) is 4.72. The maximum absolute atomic E-state index is 13.5. The molecule has 1 fully saturated rings. The molecule has 7 heteroatoms. The third-order valence-electron chi connectivity index (χ3n) is 5.54. The zero-order valence-electron chi connectivity index (χ0n) is 16.4. The molecule has 2 aromatic heterocycles. The Kier molecular flexibility index (Phi) is 5.27. The lowest BCUT2D eigenvalue weighted by molar-refractivity contribution is -0.0457. The molecule has 150 valence electrons. The fourth-order valence-electron chi connectivity index (χ4n) is 4.01. The highest BCUT2D eigenvalue weighted by Gasteiger charge is 2.35. The van der Waals surface area contributed by atoms with E-state index in [-0.39, 0.29) is 18.8 Å². The standard InChI is InChI=1S/C21H26F2N4O/c1-14-10-15(2)27(26-14)20-24-18(11-16-5-7-21(22,23)8-6-16)12-19(25-20)17-4-3-9-28-13-17/h4,10,12,16H,3,5-9,11,13H2,1-2H3. The van der Waals surface area contributed by atoms with Crippen LogP contribution in [0.25, 0.3) is 11.5 Å². The lowest BCUT2D eigenvalue weighted by Crippen LogP contribution is -2.26. The summed E-state index contributed by atoms with van der Waals surface area (Å²) in [5.41, 5.74) is 4.64. The van der Waals surface area contributed by atoms with Gasteiger partial charge in [-0.05, 0) is 63.2 Å². The molecule has 2 aromatic rings. The average Bonchev–Trinajstić information content (AvgIpc) is 3.02. The first-order valence-electron chi connectivity index (χ1n) is 9.96. The monoisotopic (exact) mass is 388 g/mol. The van der Waals surface area contributed by atoms with Crippen LogP contribution in [0.15, 0.2) is 18.2 Å². The van der Waals surface area contributed by atoms with E-state index in [1.54, 1.807) is 4.68 Å². The molecule has 0 unspecified atom stereocenters. The summed E-state index contributed by atoms with van der Waals surface area (Å²) in [7, 11) is 0. The molecule has 0 aromatic carbocycles. The van der Waals surface area contributed by atoms with Gasteiger partial charge in [-0.1, -0.05) is 6.08 Å². The van der Waals surface area contributed by atoms with E-state index in [0.29, 0.717) is 31.8 Å². The minimum absolute atomic E-state index is 0.0289. The first kappa shape index (κ1) is 19.2. The van der Waals surface area contributed by atoms with Gasteiger partial charge in [0.1, 0.15) is 0 Å². The highest BCUT2D eigenvalue weighted by atomic mass is 19.3. The van der Waals surface area contributed by atoms with Crippen LogP contribution in [0.5, 0.6) is 0 Å². The Morgan fingerprint density at radius 3 is 2.61 bits per heavy atom. The second-order valence-electron chi connectivity index (χ2n) is 7.96. The Balaban J connectivity index is 1.66. The molecule has 0 amide bonds. The molecule has 1 saturated carbocycles. The second kappa shape index (κ2) is 7.70. The van der Waals surface area contributed by atoms with Gasteiger partial charge >= 0.3 is 0 Å². The molecule has 0 N–H and O–H groups in total. The van der Waals surface area contributed by atoms with Crippen LogP contribution in [0.1, 0.15) is 54.9 Å². The number of nitrogens with zero attached hydrogens (tertiary/aromatic N) is 4. The summed E-state index contributed by atoms with van der Waals surface area (Å²) in [6, 6.07) is 3.98. The minimum atomic E-state index is -2.51. The van der Waals surface area contributed by atoms with E-state index in [0.717, 1.165) is 41.4 Å². The summed E-state index contributed by atoms with van der Waals surface area (Å²) in [6.45, 7) is 5.17. The molecule has 28 heavy (non-hydrogen) atoms. The Morgan fingerprint density at radius 1 is 1.18 bits per heavy atom. The number of halogens is 2. The molecule has 0 bridgehead atoms. The van der Waals surface area contributed by atoms with Crippen LogP contribution in [0.4, 0.5) is 8.78 Å². The second-order valence-corrected chi connectivity index (χ2v) is 7.96. The van der Waals surface area contributed by atoms with Crippen molar-refractivity contribution in [2.75, 3.05) is 13.2 Å². The normalized spacial score (nSPS) is 20.2. The molecule has 1 aliphatic heterocycles. The smallest absolute Gasteiger partial charge is 0.251 e. The van der Waals surface area contributed by atoms with Gasteiger partial charge in [0.05, 0.1) is 24.6 Å². The van der Waals surface area contributed by atoms with Gasteiger partial charge in [0.2, 0.25) is 5.92 Å². The SMILES string of the molecule is Cc1cc(C)n(-c2nc(CC3CCC(F)(F)CC3)cc(C3=CCCOC3)n2)n1. The molecular weight excluding hydrogens is 362 g/mol. The van der Waals surface area contributed by atoms with E-state index < -0.39 is 5.92 Å². The van der Waals surface area contributed by atoms with Crippen molar-refractivity contribution < 1.29 is 13.5 Å². The summed E-state index contributed by atoms with van der Waals surface area (Å²) in [4.78, 5) is 9.48.